The molecule has 136 valence electrons. The van der Waals surface area contributed by atoms with Crippen molar-refractivity contribution < 1.29 is 19.1 Å². The van der Waals surface area contributed by atoms with Gasteiger partial charge in [0, 0.05) is 27.8 Å². The van der Waals surface area contributed by atoms with Gasteiger partial charge in [-0.1, -0.05) is 29.3 Å². The maximum Gasteiger partial charge on any atom is 0.250 e. The number of carbonyl (C=O) groups is 2. The Bertz CT molecular complexity index is 861. The Hall–Kier alpha value is -2.70. The van der Waals surface area contributed by atoms with E-state index in [1.165, 1.54) is 38.5 Å². The van der Waals surface area contributed by atoms with Crippen molar-refractivity contribution in [2.45, 2.75) is 0 Å². The minimum Gasteiger partial charge on any atom is -0.493 e. The van der Waals surface area contributed by atoms with Gasteiger partial charge in [-0.25, -0.2) is 0 Å². The molecular formula is C18H16Cl2N2O4. The molecule has 0 aliphatic rings. The third-order valence-corrected chi connectivity index (χ3v) is 4.11. The van der Waals surface area contributed by atoms with Crippen LogP contribution >= 0.6 is 23.2 Å². The molecule has 0 unspecified atom stereocenters. The average molecular weight is 395 g/mol. The summed E-state index contributed by atoms with van der Waals surface area (Å²) < 4.78 is 10.3. The lowest BCUT2D eigenvalue weighted by atomic mass is 10.1. The van der Waals surface area contributed by atoms with Crippen LogP contribution in [0.15, 0.2) is 36.4 Å². The Morgan fingerprint density at radius 3 is 2.19 bits per heavy atom. The van der Waals surface area contributed by atoms with Gasteiger partial charge in [0.15, 0.2) is 11.5 Å². The van der Waals surface area contributed by atoms with Gasteiger partial charge in [0.2, 0.25) is 5.91 Å². The van der Waals surface area contributed by atoms with Gasteiger partial charge in [0.1, 0.15) is 0 Å². The number of ether oxygens (including phenoxy) is 2. The number of anilines is 1. The molecule has 2 aromatic rings. The predicted molar refractivity (Wildman–Crippen MR) is 102 cm³/mol. The highest BCUT2D eigenvalue weighted by molar-refractivity contribution is 6.37. The van der Waals surface area contributed by atoms with Gasteiger partial charge in [-0.15, -0.1) is 0 Å². The van der Waals surface area contributed by atoms with Crippen LogP contribution in [0.2, 0.25) is 10.0 Å². The van der Waals surface area contributed by atoms with Crippen molar-refractivity contribution in [2.75, 3.05) is 19.5 Å². The summed E-state index contributed by atoms with van der Waals surface area (Å²) in [4.78, 5) is 23.9. The van der Waals surface area contributed by atoms with Gasteiger partial charge in [-0.05, 0) is 24.3 Å². The van der Waals surface area contributed by atoms with Crippen LogP contribution in [0.3, 0.4) is 0 Å². The van der Waals surface area contributed by atoms with E-state index in [0.29, 0.717) is 27.1 Å². The zero-order valence-electron chi connectivity index (χ0n) is 14.0. The van der Waals surface area contributed by atoms with Crippen LogP contribution in [-0.4, -0.2) is 26.0 Å². The number of halogens is 2. The summed E-state index contributed by atoms with van der Waals surface area (Å²) in [7, 11) is 2.86. The molecule has 0 aromatic heterocycles. The van der Waals surface area contributed by atoms with E-state index in [-0.39, 0.29) is 11.3 Å². The highest BCUT2D eigenvalue weighted by atomic mass is 35.5. The van der Waals surface area contributed by atoms with E-state index in [1.807, 2.05) is 0 Å². The van der Waals surface area contributed by atoms with Crippen molar-refractivity contribution in [1.29, 1.82) is 0 Å². The second kappa shape index (κ2) is 8.60. The highest BCUT2D eigenvalue weighted by Gasteiger charge is 2.16. The molecule has 26 heavy (non-hydrogen) atoms. The number of methoxy groups -OCH3 is 2. The van der Waals surface area contributed by atoms with Crippen LogP contribution in [-0.2, 0) is 4.79 Å². The van der Waals surface area contributed by atoms with E-state index >= 15 is 0 Å². The fourth-order valence-corrected chi connectivity index (χ4v) is 2.71. The van der Waals surface area contributed by atoms with E-state index in [0.717, 1.165) is 0 Å². The second-order valence-electron chi connectivity index (χ2n) is 5.07. The summed E-state index contributed by atoms with van der Waals surface area (Å²) >= 11 is 12.1. The molecule has 0 fully saturated rings. The van der Waals surface area contributed by atoms with E-state index in [1.54, 1.807) is 18.2 Å². The molecule has 0 atom stereocenters. The van der Waals surface area contributed by atoms with Gasteiger partial charge in [0.05, 0.1) is 25.5 Å². The minimum absolute atomic E-state index is 0.0835. The summed E-state index contributed by atoms with van der Waals surface area (Å²) in [6.45, 7) is 0. The molecule has 2 rings (SSSR count). The monoisotopic (exact) mass is 394 g/mol. The zero-order chi connectivity index (χ0) is 19.3. The molecule has 0 spiro atoms. The molecule has 2 aromatic carbocycles. The van der Waals surface area contributed by atoms with Crippen LogP contribution in [0.1, 0.15) is 15.9 Å². The quantitative estimate of drug-likeness (QED) is 0.729. The molecule has 0 radical (unpaired) electrons. The number of rotatable bonds is 6. The van der Waals surface area contributed by atoms with Crippen LogP contribution < -0.4 is 20.5 Å². The maximum absolute atomic E-state index is 12.2. The molecule has 0 saturated carbocycles. The smallest absolute Gasteiger partial charge is 0.250 e. The molecule has 0 aliphatic heterocycles. The molecule has 8 heteroatoms. The van der Waals surface area contributed by atoms with E-state index < -0.39 is 11.8 Å². The Kier molecular flexibility index (Phi) is 6.49. The molecule has 0 bridgehead atoms. The Morgan fingerprint density at radius 2 is 1.65 bits per heavy atom. The molecule has 6 nitrogen and oxygen atoms in total. The summed E-state index contributed by atoms with van der Waals surface area (Å²) in [6.07, 6.45) is 2.72. The molecule has 2 amide bonds. The summed E-state index contributed by atoms with van der Waals surface area (Å²) in [5.41, 5.74) is 6.15. The number of hydrogen-bond donors (Lipinski definition) is 2. The SMILES string of the molecule is COc1cc(NC(=O)/C=C/c2c(Cl)cccc2Cl)c(C(N)=O)cc1OC. The average Bonchev–Trinajstić information content (AvgIpc) is 2.60. The van der Waals surface area contributed by atoms with Gasteiger partial charge in [-0.3, -0.25) is 9.59 Å². The van der Waals surface area contributed by atoms with Crippen molar-refractivity contribution in [2.24, 2.45) is 5.73 Å². The fourth-order valence-electron chi connectivity index (χ4n) is 2.19. The third-order valence-electron chi connectivity index (χ3n) is 3.45. The number of nitrogens with two attached hydrogens (primary N) is 1. The lowest BCUT2D eigenvalue weighted by molar-refractivity contribution is -0.111. The first-order valence-electron chi connectivity index (χ1n) is 7.36. The first-order chi connectivity index (χ1) is 12.4. The summed E-state index contributed by atoms with van der Waals surface area (Å²) in [5, 5.41) is 3.39. The Labute approximate surface area is 160 Å². The van der Waals surface area contributed by atoms with Crippen LogP contribution in [0.4, 0.5) is 5.69 Å². The summed E-state index contributed by atoms with van der Waals surface area (Å²) in [5.74, 6) is -0.571. The molecule has 3 N–H and O–H groups in total. The molecular weight excluding hydrogens is 379 g/mol. The number of amides is 2. The van der Waals surface area contributed by atoms with Crippen LogP contribution in [0, 0.1) is 0 Å². The van der Waals surface area contributed by atoms with E-state index in [2.05, 4.69) is 5.32 Å². The first kappa shape index (κ1) is 19.6. The molecule has 0 aliphatic carbocycles. The topological polar surface area (TPSA) is 90.6 Å². The largest absolute Gasteiger partial charge is 0.493 e. The van der Waals surface area contributed by atoms with Crippen molar-refractivity contribution >= 4 is 46.8 Å². The van der Waals surface area contributed by atoms with Gasteiger partial charge >= 0.3 is 0 Å². The van der Waals surface area contributed by atoms with Crippen LogP contribution in [0.25, 0.3) is 6.08 Å². The maximum atomic E-state index is 12.2. The summed E-state index contributed by atoms with van der Waals surface area (Å²) in [6, 6.07) is 7.86. The Morgan fingerprint density at radius 1 is 1.08 bits per heavy atom. The fraction of sp³-hybridized carbons (Fsp3) is 0.111. The normalized spacial score (nSPS) is 10.6. The lowest BCUT2D eigenvalue weighted by Gasteiger charge is -2.13. The van der Waals surface area contributed by atoms with E-state index in [4.69, 9.17) is 38.4 Å². The van der Waals surface area contributed by atoms with Crippen molar-refractivity contribution in [3.63, 3.8) is 0 Å². The first-order valence-corrected chi connectivity index (χ1v) is 8.11. The standard InChI is InChI=1S/C18H16Cl2N2O4/c1-25-15-8-11(18(21)24)14(9-16(15)26-2)22-17(23)7-6-10-12(19)4-3-5-13(10)20/h3-9H,1-2H3,(H2,21,24)(H,22,23)/b7-6+. The van der Waals surface area contributed by atoms with Gasteiger partial charge < -0.3 is 20.5 Å². The number of hydrogen-bond acceptors (Lipinski definition) is 4. The van der Waals surface area contributed by atoms with Gasteiger partial charge in [-0.2, -0.15) is 0 Å². The highest BCUT2D eigenvalue weighted by Crippen LogP contribution is 2.33. The predicted octanol–water partition coefficient (Wildman–Crippen LogP) is 3.76. The zero-order valence-corrected chi connectivity index (χ0v) is 15.5. The minimum atomic E-state index is -0.723. The Balaban J connectivity index is 2.31. The molecule has 0 heterocycles. The van der Waals surface area contributed by atoms with Crippen molar-refractivity contribution in [1.82, 2.24) is 0 Å². The van der Waals surface area contributed by atoms with Crippen LogP contribution in [0.5, 0.6) is 11.5 Å². The number of nitrogens with one attached hydrogen (secondary N) is 1. The van der Waals surface area contributed by atoms with Crippen molar-refractivity contribution in [3.05, 3.63) is 57.6 Å². The van der Waals surface area contributed by atoms with Crippen molar-refractivity contribution in [3.8, 4) is 11.5 Å². The van der Waals surface area contributed by atoms with Gasteiger partial charge in [0.25, 0.3) is 5.91 Å². The lowest BCUT2D eigenvalue weighted by Crippen LogP contribution is -2.17. The number of benzene rings is 2. The number of carbonyl (C=O) groups excluding carboxylic acids is 2. The molecule has 0 saturated heterocycles. The second-order valence-corrected chi connectivity index (χ2v) is 5.89. The third kappa shape index (κ3) is 4.47. The van der Waals surface area contributed by atoms with E-state index in [9.17, 15) is 9.59 Å². The number of primary amides is 1.